The molecule has 1 aromatic carbocycles. The molecule has 0 aromatic heterocycles. The monoisotopic (exact) mass is 321 g/mol. The third-order valence-corrected chi connectivity index (χ3v) is 4.31. The third-order valence-electron chi connectivity index (χ3n) is 3.75. The number of para-hydroxylation sites is 1. The van der Waals surface area contributed by atoms with Gasteiger partial charge >= 0.3 is 0 Å². The van der Waals surface area contributed by atoms with E-state index >= 15 is 0 Å². The minimum atomic E-state index is 1.14. The number of allylic oxidation sites excluding steroid dienone is 1. The second kappa shape index (κ2) is 7.74. The lowest BCUT2D eigenvalue weighted by Gasteiger charge is -2.22. The molecule has 1 aromatic rings. The first-order chi connectivity index (χ1) is 9.31. The molecule has 0 aliphatic carbocycles. The number of anilines is 1. The molecule has 0 atom stereocenters. The lowest BCUT2D eigenvalue weighted by Crippen LogP contribution is -2.18. The fraction of sp³-hybridized carbons (Fsp3) is 0.529. The maximum atomic E-state index is 3.50. The molecule has 1 aliphatic heterocycles. The minimum absolute atomic E-state index is 1.14. The molecule has 0 fully saturated rings. The van der Waals surface area contributed by atoms with Crippen molar-refractivity contribution < 1.29 is 0 Å². The van der Waals surface area contributed by atoms with Crippen molar-refractivity contribution in [1.82, 2.24) is 0 Å². The van der Waals surface area contributed by atoms with Crippen molar-refractivity contribution in [2.24, 2.45) is 0 Å². The van der Waals surface area contributed by atoms with E-state index in [1.54, 1.807) is 0 Å². The molecule has 1 aliphatic rings. The Bertz CT molecular complexity index is 425. The number of unbranched alkanes of at least 4 members (excludes halogenated alkanes) is 3. The van der Waals surface area contributed by atoms with Crippen LogP contribution in [0.3, 0.4) is 0 Å². The number of benzene rings is 1. The molecule has 0 spiro atoms. The van der Waals surface area contributed by atoms with Crippen LogP contribution in [0, 0.1) is 0 Å². The van der Waals surface area contributed by atoms with Crippen LogP contribution in [-0.4, -0.2) is 11.9 Å². The van der Waals surface area contributed by atoms with Gasteiger partial charge in [-0.15, -0.1) is 0 Å². The van der Waals surface area contributed by atoms with Crippen molar-refractivity contribution in [3.63, 3.8) is 0 Å². The van der Waals surface area contributed by atoms with E-state index < -0.39 is 0 Å². The van der Waals surface area contributed by atoms with E-state index in [2.05, 4.69) is 58.2 Å². The van der Waals surface area contributed by atoms with E-state index in [4.69, 9.17) is 0 Å². The van der Waals surface area contributed by atoms with Crippen LogP contribution in [0.5, 0.6) is 0 Å². The van der Waals surface area contributed by atoms with Crippen LogP contribution in [0.1, 0.15) is 44.6 Å². The third kappa shape index (κ3) is 4.38. The lowest BCUT2D eigenvalue weighted by molar-refractivity contribution is 0.671. The van der Waals surface area contributed by atoms with Gasteiger partial charge < -0.3 is 4.90 Å². The molecule has 19 heavy (non-hydrogen) atoms. The number of nitrogens with zero attached hydrogens (tertiary/aromatic N) is 1. The normalized spacial score (nSPS) is 14.8. The summed E-state index contributed by atoms with van der Waals surface area (Å²) < 4.78 is 0. The van der Waals surface area contributed by atoms with Crippen molar-refractivity contribution in [3.8, 4) is 0 Å². The van der Waals surface area contributed by atoms with Crippen molar-refractivity contribution in [2.45, 2.75) is 45.4 Å². The Morgan fingerprint density at radius 2 is 1.84 bits per heavy atom. The van der Waals surface area contributed by atoms with Gasteiger partial charge in [-0.25, -0.2) is 0 Å². The van der Waals surface area contributed by atoms with Gasteiger partial charge in [0.05, 0.1) is 0 Å². The van der Waals surface area contributed by atoms with Gasteiger partial charge in [-0.05, 0) is 44.2 Å². The maximum Gasteiger partial charge on any atom is 0.0438 e. The van der Waals surface area contributed by atoms with Crippen molar-refractivity contribution in [3.05, 3.63) is 41.6 Å². The standard InChI is InChI=1S/C17H24BrN/c1-15-10-11-16-8-4-5-9-17(16)19(14-15)13-7-3-2-6-12-18/h4-5,8-9,14H,2-3,6-7,10-13H2,1H3. The molecule has 2 rings (SSSR count). The predicted molar refractivity (Wildman–Crippen MR) is 88.1 cm³/mol. The molecule has 2 heteroatoms. The number of aryl methyl sites for hydroxylation is 1. The Kier molecular flexibility index (Phi) is 5.96. The number of hydrogen-bond donors (Lipinski definition) is 0. The molecule has 0 unspecified atom stereocenters. The van der Waals surface area contributed by atoms with Crippen LogP contribution in [0.2, 0.25) is 0 Å². The van der Waals surface area contributed by atoms with E-state index in [1.165, 1.54) is 55.3 Å². The topological polar surface area (TPSA) is 3.24 Å². The molecule has 1 nitrogen and oxygen atoms in total. The number of rotatable bonds is 6. The van der Waals surface area contributed by atoms with Gasteiger partial charge in [-0.1, -0.05) is 52.5 Å². The van der Waals surface area contributed by atoms with Gasteiger partial charge in [-0.2, -0.15) is 0 Å². The van der Waals surface area contributed by atoms with E-state index in [1.807, 2.05) is 0 Å². The van der Waals surface area contributed by atoms with Gasteiger partial charge in [0, 0.05) is 23.8 Å². The summed E-state index contributed by atoms with van der Waals surface area (Å²) in [5, 5.41) is 1.14. The number of hydrogen-bond acceptors (Lipinski definition) is 1. The summed E-state index contributed by atoms with van der Waals surface area (Å²) in [5.41, 5.74) is 4.41. The van der Waals surface area contributed by atoms with E-state index in [0.29, 0.717) is 0 Å². The molecule has 0 bridgehead atoms. The summed E-state index contributed by atoms with van der Waals surface area (Å²) >= 11 is 3.50. The smallest absolute Gasteiger partial charge is 0.0438 e. The van der Waals surface area contributed by atoms with Crippen molar-refractivity contribution in [2.75, 3.05) is 16.8 Å². The van der Waals surface area contributed by atoms with Crippen LogP contribution in [0.25, 0.3) is 0 Å². The molecule has 0 radical (unpaired) electrons. The molecule has 0 saturated heterocycles. The zero-order valence-corrected chi connectivity index (χ0v) is 13.5. The van der Waals surface area contributed by atoms with Crippen molar-refractivity contribution in [1.29, 1.82) is 0 Å². The molecule has 1 heterocycles. The Morgan fingerprint density at radius 1 is 1.05 bits per heavy atom. The second-order valence-electron chi connectivity index (χ2n) is 5.40. The first-order valence-corrected chi connectivity index (χ1v) is 8.51. The van der Waals surface area contributed by atoms with Crippen molar-refractivity contribution >= 4 is 21.6 Å². The van der Waals surface area contributed by atoms with Gasteiger partial charge in [-0.3, -0.25) is 0 Å². The maximum absolute atomic E-state index is 3.50. The van der Waals surface area contributed by atoms with Crippen LogP contribution < -0.4 is 4.90 Å². The highest BCUT2D eigenvalue weighted by atomic mass is 79.9. The van der Waals surface area contributed by atoms with Gasteiger partial charge in [0.1, 0.15) is 0 Å². The average Bonchev–Trinajstić information content (AvgIpc) is 2.59. The quantitative estimate of drug-likeness (QED) is 0.507. The zero-order valence-electron chi connectivity index (χ0n) is 11.9. The van der Waals surface area contributed by atoms with E-state index in [9.17, 15) is 0 Å². The largest absolute Gasteiger partial charge is 0.348 e. The molecular formula is C17H24BrN. The van der Waals surface area contributed by atoms with Crippen LogP contribution in [-0.2, 0) is 6.42 Å². The Morgan fingerprint density at radius 3 is 2.68 bits per heavy atom. The van der Waals surface area contributed by atoms with E-state index in [0.717, 1.165) is 11.9 Å². The molecule has 0 saturated carbocycles. The van der Waals surface area contributed by atoms with Crippen LogP contribution >= 0.6 is 15.9 Å². The first-order valence-electron chi connectivity index (χ1n) is 7.39. The number of fused-ring (bicyclic) bond motifs is 1. The summed E-state index contributed by atoms with van der Waals surface area (Å²) in [6.45, 7) is 3.40. The second-order valence-corrected chi connectivity index (χ2v) is 6.19. The molecule has 0 N–H and O–H groups in total. The summed E-state index contributed by atoms with van der Waals surface area (Å²) in [5.74, 6) is 0. The van der Waals surface area contributed by atoms with Gasteiger partial charge in [0.15, 0.2) is 0 Å². The summed E-state index contributed by atoms with van der Waals surface area (Å²) in [6.07, 6.45) is 9.98. The SMILES string of the molecule is CC1=CN(CCCCCCBr)c2ccccc2CC1. The van der Waals surface area contributed by atoms with Gasteiger partial charge in [0.25, 0.3) is 0 Å². The molecule has 0 amide bonds. The highest BCUT2D eigenvalue weighted by Gasteiger charge is 2.12. The van der Waals surface area contributed by atoms with Crippen LogP contribution in [0.15, 0.2) is 36.0 Å². The predicted octanol–water partition coefficient (Wildman–Crippen LogP) is 5.30. The first kappa shape index (κ1) is 14.6. The molecule has 104 valence electrons. The zero-order chi connectivity index (χ0) is 13.5. The Labute approximate surface area is 125 Å². The average molecular weight is 322 g/mol. The number of alkyl halides is 1. The highest BCUT2D eigenvalue weighted by molar-refractivity contribution is 9.09. The van der Waals surface area contributed by atoms with E-state index in [-0.39, 0.29) is 0 Å². The highest BCUT2D eigenvalue weighted by Crippen LogP contribution is 2.27. The number of halogens is 1. The summed E-state index contributed by atoms with van der Waals surface area (Å²) in [4.78, 5) is 2.46. The lowest BCUT2D eigenvalue weighted by atomic mass is 10.1. The minimum Gasteiger partial charge on any atom is -0.348 e. The summed E-state index contributed by atoms with van der Waals surface area (Å²) in [7, 11) is 0. The Hall–Kier alpha value is -0.760. The summed E-state index contributed by atoms with van der Waals surface area (Å²) in [6, 6.07) is 8.86. The fourth-order valence-electron chi connectivity index (χ4n) is 2.65. The molecular weight excluding hydrogens is 298 g/mol. The van der Waals surface area contributed by atoms with Gasteiger partial charge in [0.2, 0.25) is 0 Å². The fourth-order valence-corrected chi connectivity index (χ4v) is 3.05. The Balaban J connectivity index is 1.98. The van der Waals surface area contributed by atoms with Crippen LogP contribution in [0.4, 0.5) is 5.69 Å².